The van der Waals surface area contributed by atoms with Crippen molar-refractivity contribution in [1.29, 1.82) is 0 Å². The van der Waals surface area contributed by atoms with E-state index < -0.39 is 0 Å². The molecule has 1 amide bonds. The number of carbonyl (C=O) groups is 1. The van der Waals surface area contributed by atoms with Crippen molar-refractivity contribution in [3.05, 3.63) is 71.8 Å². The highest BCUT2D eigenvalue weighted by molar-refractivity contribution is 5.87. The number of nitrogens with zero attached hydrogens (tertiary/aromatic N) is 1. The van der Waals surface area contributed by atoms with E-state index in [1.807, 2.05) is 69.1 Å². The molecule has 0 fully saturated rings. The Bertz CT molecular complexity index is 666. The van der Waals surface area contributed by atoms with Gasteiger partial charge in [-0.05, 0) is 22.8 Å². The molecule has 0 spiro atoms. The summed E-state index contributed by atoms with van der Waals surface area (Å²) in [5.74, 6) is 0.146. The van der Waals surface area contributed by atoms with Gasteiger partial charge in [-0.2, -0.15) is 0 Å². The Morgan fingerprint density at radius 1 is 0.957 bits per heavy atom. The Morgan fingerprint density at radius 3 is 2.00 bits per heavy atom. The maximum absolute atomic E-state index is 12.5. The number of carbonyl (C=O) groups excluding carboxylic acids is 1. The second-order valence-corrected chi connectivity index (χ2v) is 6.86. The Kier molecular flexibility index (Phi) is 5.38. The van der Waals surface area contributed by atoms with Gasteiger partial charge in [0.15, 0.2) is 0 Å². The smallest absolute Gasteiger partial charge is 0.227 e. The lowest BCUT2D eigenvalue weighted by molar-refractivity contribution is -0.137. The van der Waals surface area contributed by atoms with E-state index in [4.69, 9.17) is 0 Å². The van der Waals surface area contributed by atoms with Crippen LogP contribution in [0.3, 0.4) is 0 Å². The fraction of sp³-hybridized carbons (Fsp3) is 0.286. The summed E-state index contributed by atoms with van der Waals surface area (Å²) in [5, 5.41) is 0. The summed E-state index contributed by atoms with van der Waals surface area (Å²) < 4.78 is 0. The maximum atomic E-state index is 12.5. The summed E-state index contributed by atoms with van der Waals surface area (Å²) in [4.78, 5) is 14.3. The maximum Gasteiger partial charge on any atom is 0.227 e. The van der Waals surface area contributed by atoms with Gasteiger partial charge in [-0.15, -0.1) is 0 Å². The van der Waals surface area contributed by atoms with E-state index in [0.717, 1.165) is 16.7 Å². The van der Waals surface area contributed by atoms with Crippen LogP contribution in [0, 0.1) is 5.41 Å². The quantitative estimate of drug-likeness (QED) is 0.748. The molecule has 0 N–H and O–H groups in total. The van der Waals surface area contributed by atoms with Crippen molar-refractivity contribution in [3.8, 4) is 0 Å². The van der Waals surface area contributed by atoms with Crippen LogP contribution in [0.15, 0.2) is 60.7 Å². The lowest BCUT2D eigenvalue weighted by atomic mass is 9.94. The topological polar surface area (TPSA) is 20.3 Å². The number of likely N-dealkylation sites (N-methyl/N-ethyl adjacent to an activating group) is 1. The third kappa shape index (κ3) is 4.82. The van der Waals surface area contributed by atoms with E-state index in [2.05, 4.69) is 30.3 Å². The van der Waals surface area contributed by atoms with Crippen LogP contribution in [-0.4, -0.2) is 24.4 Å². The molecule has 0 aliphatic heterocycles. The van der Waals surface area contributed by atoms with Gasteiger partial charge in [0.05, 0.1) is 0 Å². The second-order valence-electron chi connectivity index (χ2n) is 6.86. The zero-order chi connectivity index (χ0) is 16.9. The highest BCUT2D eigenvalue weighted by Crippen LogP contribution is 2.22. The molecule has 0 bridgehead atoms. The van der Waals surface area contributed by atoms with E-state index in [1.54, 1.807) is 0 Å². The van der Waals surface area contributed by atoms with Gasteiger partial charge in [-0.25, -0.2) is 0 Å². The second kappa shape index (κ2) is 7.28. The van der Waals surface area contributed by atoms with Crippen LogP contribution in [-0.2, 0) is 4.79 Å². The minimum Gasteiger partial charge on any atom is -0.341 e. The Labute approximate surface area is 139 Å². The Morgan fingerprint density at radius 2 is 1.48 bits per heavy atom. The summed E-state index contributed by atoms with van der Waals surface area (Å²) in [6.45, 7) is 6.45. The largest absolute Gasteiger partial charge is 0.341 e. The van der Waals surface area contributed by atoms with E-state index in [9.17, 15) is 4.79 Å². The normalized spacial score (nSPS) is 12.1. The van der Waals surface area contributed by atoms with Crippen LogP contribution in [0.25, 0.3) is 11.6 Å². The average Bonchev–Trinajstić information content (AvgIpc) is 2.54. The van der Waals surface area contributed by atoms with Crippen LogP contribution in [0.4, 0.5) is 0 Å². The molecule has 2 nitrogen and oxygen atoms in total. The summed E-state index contributed by atoms with van der Waals surface area (Å²) >= 11 is 0. The van der Waals surface area contributed by atoms with Crippen LogP contribution in [0.2, 0.25) is 0 Å². The molecule has 0 aromatic heterocycles. The fourth-order valence-electron chi connectivity index (χ4n) is 2.52. The number of hydrogen-bond donors (Lipinski definition) is 0. The third-order valence-electron chi connectivity index (χ3n) is 3.68. The molecule has 0 aliphatic carbocycles. The summed E-state index contributed by atoms with van der Waals surface area (Å²) in [6.07, 6.45) is 2.15. The van der Waals surface area contributed by atoms with Crippen LogP contribution >= 0.6 is 0 Å². The van der Waals surface area contributed by atoms with Crippen LogP contribution in [0.5, 0.6) is 0 Å². The van der Waals surface area contributed by atoms with E-state index in [1.165, 1.54) is 0 Å². The lowest BCUT2D eigenvalue weighted by Gasteiger charge is -2.27. The lowest BCUT2D eigenvalue weighted by Crippen LogP contribution is -2.37. The van der Waals surface area contributed by atoms with Gasteiger partial charge < -0.3 is 4.90 Å². The predicted molar refractivity (Wildman–Crippen MR) is 97.8 cm³/mol. The van der Waals surface area contributed by atoms with Crippen molar-refractivity contribution in [2.75, 3.05) is 13.6 Å². The van der Waals surface area contributed by atoms with Gasteiger partial charge in [-0.1, -0.05) is 81.4 Å². The molecule has 0 heterocycles. The van der Waals surface area contributed by atoms with Crippen molar-refractivity contribution in [1.82, 2.24) is 4.90 Å². The van der Waals surface area contributed by atoms with Gasteiger partial charge in [0.25, 0.3) is 0 Å². The molecule has 2 aromatic rings. The molecule has 23 heavy (non-hydrogen) atoms. The summed E-state index contributed by atoms with van der Waals surface area (Å²) in [6, 6.07) is 20.5. The first kappa shape index (κ1) is 17.0. The van der Waals surface area contributed by atoms with Crippen molar-refractivity contribution in [2.45, 2.75) is 20.8 Å². The molecule has 2 aromatic carbocycles. The highest BCUT2D eigenvalue weighted by atomic mass is 16.2. The van der Waals surface area contributed by atoms with Gasteiger partial charge >= 0.3 is 0 Å². The minimum absolute atomic E-state index is 0.146. The zero-order valence-corrected chi connectivity index (χ0v) is 14.4. The average molecular weight is 307 g/mol. The van der Waals surface area contributed by atoms with Crippen molar-refractivity contribution in [3.63, 3.8) is 0 Å². The number of benzene rings is 2. The molecular weight excluding hydrogens is 282 g/mol. The molecule has 120 valence electrons. The van der Waals surface area contributed by atoms with Gasteiger partial charge in [0.2, 0.25) is 5.91 Å². The number of hydrogen-bond acceptors (Lipinski definition) is 1. The standard InChI is InChI=1S/C21H25NO/c1-21(2,3)20(23)22(4)16-19(18-13-9-6-10-14-18)15-17-11-7-5-8-12-17/h5-15H,16H2,1-4H3/b19-15-. The summed E-state index contributed by atoms with van der Waals surface area (Å²) in [5.41, 5.74) is 3.05. The van der Waals surface area contributed by atoms with E-state index in [0.29, 0.717) is 6.54 Å². The van der Waals surface area contributed by atoms with Crippen LogP contribution < -0.4 is 0 Å². The number of amides is 1. The fourth-order valence-corrected chi connectivity index (χ4v) is 2.52. The van der Waals surface area contributed by atoms with E-state index >= 15 is 0 Å². The van der Waals surface area contributed by atoms with Crippen LogP contribution in [0.1, 0.15) is 31.9 Å². The van der Waals surface area contributed by atoms with Crippen molar-refractivity contribution in [2.24, 2.45) is 5.41 Å². The zero-order valence-electron chi connectivity index (χ0n) is 14.4. The summed E-state index contributed by atoms with van der Waals surface area (Å²) in [7, 11) is 1.87. The molecule has 0 radical (unpaired) electrons. The molecule has 2 rings (SSSR count). The van der Waals surface area contributed by atoms with E-state index in [-0.39, 0.29) is 11.3 Å². The first-order valence-electron chi connectivity index (χ1n) is 7.94. The Hall–Kier alpha value is -2.35. The molecule has 0 unspecified atom stereocenters. The highest BCUT2D eigenvalue weighted by Gasteiger charge is 2.25. The number of rotatable bonds is 4. The van der Waals surface area contributed by atoms with Crippen molar-refractivity contribution < 1.29 is 4.79 Å². The first-order chi connectivity index (χ1) is 10.9. The van der Waals surface area contributed by atoms with Gasteiger partial charge in [0.1, 0.15) is 0 Å². The molecule has 0 aliphatic rings. The van der Waals surface area contributed by atoms with Crippen molar-refractivity contribution >= 4 is 17.6 Å². The molecule has 2 heteroatoms. The first-order valence-corrected chi connectivity index (χ1v) is 7.94. The SMILES string of the molecule is CN(C/C(=C/c1ccccc1)c1ccccc1)C(=O)C(C)(C)C. The Balaban J connectivity index is 2.32. The van der Waals surface area contributed by atoms with Gasteiger partial charge in [0, 0.05) is 19.0 Å². The molecule has 0 saturated heterocycles. The predicted octanol–water partition coefficient (Wildman–Crippen LogP) is 4.73. The molecule has 0 saturated carbocycles. The van der Waals surface area contributed by atoms with Gasteiger partial charge in [-0.3, -0.25) is 4.79 Å². The monoisotopic (exact) mass is 307 g/mol. The molecule has 0 atom stereocenters. The third-order valence-corrected chi connectivity index (χ3v) is 3.68. The molecular formula is C21H25NO. The minimum atomic E-state index is -0.372.